The molecule has 1 aliphatic heterocycles. The smallest absolute Gasteiger partial charge is 0.162 e. The fourth-order valence-electron chi connectivity index (χ4n) is 3.01. The molecular formula is C19H17FN2O3. The topological polar surface area (TPSA) is 56.5 Å². The van der Waals surface area contributed by atoms with E-state index in [4.69, 9.17) is 9.47 Å². The van der Waals surface area contributed by atoms with Gasteiger partial charge in [-0.1, -0.05) is 12.1 Å². The van der Waals surface area contributed by atoms with Crippen molar-refractivity contribution in [3.05, 3.63) is 66.2 Å². The minimum absolute atomic E-state index is 0.125. The van der Waals surface area contributed by atoms with Crippen LogP contribution >= 0.6 is 0 Å². The summed E-state index contributed by atoms with van der Waals surface area (Å²) in [5, 5.41) is 9.90. The highest BCUT2D eigenvalue weighted by Gasteiger charge is 2.19. The summed E-state index contributed by atoms with van der Waals surface area (Å²) in [6, 6.07) is 11.4. The highest BCUT2D eigenvalue weighted by molar-refractivity contribution is 5.62. The lowest BCUT2D eigenvalue weighted by Crippen LogP contribution is -2.16. The lowest BCUT2D eigenvalue weighted by Gasteiger charge is -2.21. The minimum Gasteiger partial charge on any atom is -0.486 e. The zero-order valence-electron chi connectivity index (χ0n) is 13.4. The highest BCUT2D eigenvalue weighted by atomic mass is 19.1. The first-order valence-corrected chi connectivity index (χ1v) is 8.05. The summed E-state index contributed by atoms with van der Waals surface area (Å²) in [6.45, 7) is 0.928. The molecule has 2 heterocycles. The monoisotopic (exact) mass is 340 g/mol. The van der Waals surface area contributed by atoms with Crippen LogP contribution in [-0.2, 0) is 0 Å². The van der Waals surface area contributed by atoms with Gasteiger partial charge in [0.1, 0.15) is 24.9 Å². The Hall–Kier alpha value is -2.86. The molecule has 0 amide bonds. The van der Waals surface area contributed by atoms with Crippen LogP contribution in [0.15, 0.2) is 54.9 Å². The van der Waals surface area contributed by atoms with E-state index in [2.05, 4.69) is 4.98 Å². The largest absolute Gasteiger partial charge is 0.486 e. The van der Waals surface area contributed by atoms with Crippen molar-refractivity contribution in [2.75, 3.05) is 19.8 Å². The molecule has 0 radical (unpaired) electrons. The fraction of sp³-hybridized carbons (Fsp3) is 0.211. The molecule has 128 valence electrons. The number of nitrogens with zero attached hydrogens (tertiary/aromatic N) is 2. The van der Waals surface area contributed by atoms with Gasteiger partial charge in [0, 0.05) is 18.0 Å². The van der Waals surface area contributed by atoms with Gasteiger partial charge >= 0.3 is 0 Å². The van der Waals surface area contributed by atoms with Gasteiger partial charge in [-0.2, -0.15) is 0 Å². The zero-order chi connectivity index (χ0) is 17.2. The molecular weight excluding hydrogens is 323 g/mol. The maximum absolute atomic E-state index is 13.2. The maximum atomic E-state index is 13.2. The Balaban J connectivity index is 1.73. The lowest BCUT2D eigenvalue weighted by molar-refractivity contribution is 0.171. The van der Waals surface area contributed by atoms with Crippen molar-refractivity contribution in [2.24, 2.45) is 0 Å². The minimum atomic E-state index is -0.355. The van der Waals surface area contributed by atoms with Crippen molar-refractivity contribution in [3.63, 3.8) is 0 Å². The van der Waals surface area contributed by atoms with E-state index in [1.807, 2.05) is 22.8 Å². The second-order valence-corrected chi connectivity index (χ2v) is 5.77. The number of ether oxygens (including phenoxy) is 2. The van der Waals surface area contributed by atoms with Gasteiger partial charge in [0.25, 0.3) is 0 Å². The van der Waals surface area contributed by atoms with Gasteiger partial charge in [-0.3, -0.25) is 0 Å². The van der Waals surface area contributed by atoms with E-state index in [1.54, 1.807) is 24.5 Å². The zero-order valence-corrected chi connectivity index (χ0v) is 13.4. The van der Waals surface area contributed by atoms with Crippen LogP contribution in [0, 0.1) is 5.82 Å². The number of aromatic nitrogens is 2. The second-order valence-electron chi connectivity index (χ2n) is 5.77. The van der Waals surface area contributed by atoms with Crippen molar-refractivity contribution < 1.29 is 19.0 Å². The molecule has 1 unspecified atom stereocenters. The summed E-state index contributed by atoms with van der Waals surface area (Å²) in [4.78, 5) is 4.43. The third kappa shape index (κ3) is 2.96. The average Bonchev–Trinajstić information content (AvgIpc) is 3.13. The summed E-state index contributed by atoms with van der Waals surface area (Å²) in [7, 11) is 0. The van der Waals surface area contributed by atoms with Gasteiger partial charge in [-0.05, 0) is 35.9 Å². The van der Waals surface area contributed by atoms with Crippen LogP contribution in [0.5, 0.6) is 11.5 Å². The third-order valence-corrected chi connectivity index (χ3v) is 4.23. The molecule has 4 rings (SSSR count). The van der Waals surface area contributed by atoms with Crippen LogP contribution in [0.2, 0.25) is 0 Å². The number of halogens is 1. The Labute approximate surface area is 144 Å². The Kier molecular flexibility index (Phi) is 4.11. The fourth-order valence-corrected chi connectivity index (χ4v) is 3.01. The molecule has 0 spiro atoms. The molecule has 25 heavy (non-hydrogen) atoms. The van der Waals surface area contributed by atoms with E-state index >= 15 is 0 Å². The summed E-state index contributed by atoms with van der Waals surface area (Å²) in [6.07, 6.45) is 3.48. The number of fused-ring (bicyclic) bond motifs is 1. The Morgan fingerprint density at radius 3 is 2.60 bits per heavy atom. The highest BCUT2D eigenvalue weighted by Crippen LogP contribution is 2.35. The first kappa shape index (κ1) is 15.7. The van der Waals surface area contributed by atoms with Crippen molar-refractivity contribution in [2.45, 2.75) is 6.04 Å². The number of aliphatic hydroxyl groups is 1. The Bertz CT molecular complexity index is 877. The first-order valence-electron chi connectivity index (χ1n) is 8.05. The standard InChI is InChI=1S/C19H17FN2O3/c20-15-4-1-13(2-5-15)16(12-23)22-8-7-21-19(22)14-3-6-17-18(11-14)25-10-9-24-17/h1-8,11,16,23H,9-10,12H2. The van der Waals surface area contributed by atoms with Gasteiger partial charge in [0.05, 0.1) is 12.6 Å². The van der Waals surface area contributed by atoms with Crippen LogP contribution in [0.25, 0.3) is 11.4 Å². The molecule has 3 aromatic rings. The number of benzene rings is 2. The van der Waals surface area contributed by atoms with Crippen molar-refractivity contribution >= 4 is 0 Å². The Morgan fingerprint density at radius 1 is 1.08 bits per heavy atom. The molecule has 0 saturated heterocycles. The molecule has 0 bridgehead atoms. The summed E-state index contributed by atoms with van der Waals surface area (Å²) in [5.74, 6) is 1.78. The van der Waals surface area contributed by atoms with Crippen molar-refractivity contribution in [1.82, 2.24) is 9.55 Å². The van der Waals surface area contributed by atoms with Crippen LogP contribution in [0.1, 0.15) is 11.6 Å². The number of aliphatic hydroxyl groups excluding tert-OH is 1. The maximum Gasteiger partial charge on any atom is 0.162 e. The first-order chi connectivity index (χ1) is 12.3. The van der Waals surface area contributed by atoms with Gasteiger partial charge in [0.15, 0.2) is 11.5 Å². The molecule has 2 aromatic carbocycles. The predicted octanol–water partition coefficient (Wildman–Crippen LogP) is 3.04. The van der Waals surface area contributed by atoms with Crippen LogP contribution in [0.4, 0.5) is 4.39 Å². The molecule has 0 saturated carbocycles. The number of hydrogen-bond donors (Lipinski definition) is 1. The molecule has 6 heteroatoms. The molecule has 1 aliphatic rings. The molecule has 0 fully saturated rings. The van der Waals surface area contributed by atoms with Crippen LogP contribution in [0.3, 0.4) is 0 Å². The van der Waals surface area contributed by atoms with E-state index in [0.717, 1.165) is 11.1 Å². The van der Waals surface area contributed by atoms with Crippen molar-refractivity contribution in [1.29, 1.82) is 0 Å². The molecule has 0 aliphatic carbocycles. The second kappa shape index (κ2) is 6.57. The van der Waals surface area contributed by atoms with Crippen molar-refractivity contribution in [3.8, 4) is 22.9 Å². The number of hydrogen-bond acceptors (Lipinski definition) is 4. The van der Waals surface area contributed by atoms with Crippen LogP contribution < -0.4 is 9.47 Å². The summed E-state index contributed by atoms with van der Waals surface area (Å²) >= 11 is 0. The Morgan fingerprint density at radius 2 is 1.84 bits per heavy atom. The molecule has 1 atom stereocenters. The summed E-state index contributed by atoms with van der Waals surface area (Å²) < 4.78 is 26.2. The van der Waals surface area contributed by atoms with E-state index in [9.17, 15) is 9.50 Å². The van der Waals surface area contributed by atoms with Gasteiger partial charge in [0.2, 0.25) is 0 Å². The quantitative estimate of drug-likeness (QED) is 0.793. The molecule has 1 N–H and O–H groups in total. The lowest BCUT2D eigenvalue weighted by atomic mass is 10.1. The average molecular weight is 340 g/mol. The SMILES string of the molecule is OCC(c1ccc(F)cc1)n1ccnc1-c1ccc2c(c1)OCCO2. The third-order valence-electron chi connectivity index (χ3n) is 4.23. The van der Waals surface area contributed by atoms with Crippen LogP contribution in [-0.4, -0.2) is 34.5 Å². The number of imidazole rings is 1. The van der Waals surface area contributed by atoms with E-state index in [1.165, 1.54) is 12.1 Å². The van der Waals surface area contributed by atoms with Gasteiger partial charge in [-0.25, -0.2) is 9.37 Å². The number of rotatable bonds is 4. The molecule has 1 aromatic heterocycles. The van der Waals surface area contributed by atoms with E-state index in [-0.39, 0.29) is 18.5 Å². The summed E-state index contributed by atoms with van der Waals surface area (Å²) in [5.41, 5.74) is 1.66. The van der Waals surface area contributed by atoms with E-state index in [0.29, 0.717) is 30.5 Å². The predicted molar refractivity (Wildman–Crippen MR) is 90.3 cm³/mol. The van der Waals surface area contributed by atoms with E-state index < -0.39 is 0 Å². The molecule has 5 nitrogen and oxygen atoms in total. The normalized spacial score (nSPS) is 14.3. The van der Waals surface area contributed by atoms with Gasteiger partial charge < -0.3 is 19.1 Å². The van der Waals surface area contributed by atoms with Gasteiger partial charge in [-0.15, -0.1) is 0 Å².